The molecule has 148 valence electrons. The van der Waals surface area contributed by atoms with Crippen LogP contribution < -0.4 is 0 Å². The number of Topliss-reactive ketones (excluding diaryl/α,β-unsaturated/α-hetero) is 1. The van der Waals surface area contributed by atoms with Crippen LogP contribution >= 0.6 is 0 Å². The number of benzene rings is 1. The zero-order valence-corrected chi connectivity index (χ0v) is 16.7. The maximum atomic E-state index is 12.4. The molecule has 3 rings (SSSR count). The third-order valence-electron chi connectivity index (χ3n) is 5.68. The minimum Gasteiger partial charge on any atom is -0.340 e. The van der Waals surface area contributed by atoms with Gasteiger partial charge < -0.3 is 4.90 Å². The van der Waals surface area contributed by atoms with E-state index in [0.717, 1.165) is 32.4 Å². The molecular weight excluding hydrogens is 364 g/mol. The van der Waals surface area contributed by atoms with E-state index in [-0.39, 0.29) is 29.4 Å². The smallest absolute Gasteiger partial charge is 0.223 e. The lowest BCUT2D eigenvalue weighted by molar-refractivity contribution is -0.133. The largest absolute Gasteiger partial charge is 0.340 e. The highest BCUT2D eigenvalue weighted by atomic mass is 32.2. The molecule has 0 radical (unpaired) electrons. The molecule has 2 fully saturated rings. The number of sulfone groups is 1. The number of piperazine rings is 1. The van der Waals surface area contributed by atoms with Crippen LogP contribution in [0, 0.1) is 0 Å². The Kier molecular flexibility index (Phi) is 6.32. The molecule has 1 aromatic carbocycles. The standard InChI is InChI=1S/C20H28N2O4S/c1-27(25,26)18-8-6-16(7-9-18)19(23)10-11-20(24)22-14-12-21(13-15-22)17-4-2-3-5-17/h6-9,17H,2-5,10-15H2,1H3. The fraction of sp³-hybridized carbons (Fsp3) is 0.600. The number of ketones is 1. The SMILES string of the molecule is CS(=O)(=O)c1ccc(C(=O)CCC(=O)N2CCN(C3CCCC3)CC2)cc1. The van der Waals surface area contributed by atoms with Gasteiger partial charge in [-0.05, 0) is 25.0 Å². The maximum Gasteiger partial charge on any atom is 0.223 e. The zero-order valence-electron chi connectivity index (χ0n) is 15.9. The molecule has 1 aliphatic heterocycles. The summed E-state index contributed by atoms with van der Waals surface area (Å²) in [5, 5.41) is 0. The zero-order chi connectivity index (χ0) is 19.4. The summed E-state index contributed by atoms with van der Waals surface area (Å²) >= 11 is 0. The Balaban J connectivity index is 1.45. The van der Waals surface area contributed by atoms with Crippen molar-refractivity contribution in [2.24, 2.45) is 0 Å². The van der Waals surface area contributed by atoms with Crippen molar-refractivity contribution in [3.05, 3.63) is 29.8 Å². The third-order valence-corrected chi connectivity index (χ3v) is 6.81. The molecule has 1 heterocycles. The Bertz CT molecular complexity index is 775. The summed E-state index contributed by atoms with van der Waals surface area (Å²) in [7, 11) is -3.27. The first-order valence-electron chi connectivity index (χ1n) is 9.70. The Morgan fingerprint density at radius 1 is 0.963 bits per heavy atom. The topological polar surface area (TPSA) is 74.8 Å². The molecule has 2 aliphatic rings. The minimum absolute atomic E-state index is 0.0298. The monoisotopic (exact) mass is 392 g/mol. The highest BCUT2D eigenvalue weighted by Gasteiger charge is 2.27. The van der Waals surface area contributed by atoms with E-state index in [1.807, 2.05) is 4.90 Å². The lowest BCUT2D eigenvalue weighted by atomic mass is 10.1. The molecule has 1 amide bonds. The van der Waals surface area contributed by atoms with E-state index in [4.69, 9.17) is 0 Å². The lowest BCUT2D eigenvalue weighted by Crippen LogP contribution is -2.51. The Morgan fingerprint density at radius 3 is 2.11 bits per heavy atom. The highest BCUT2D eigenvalue weighted by molar-refractivity contribution is 7.90. The molecule has 27 heavy (non-hydrogen) atoms. The number of rotatable bonds is 6. The van der Waals surface area contributed by atoms with Crippen molar-refractivity contribution in [2.75, 3.05) is 32.4 Å². The molecule has 7 heteroatoms. The van der Waals surface area contributed by atoms with Crippen molar-refractivity contribution >= 4 is 21.5 Å². The minimum atomic E-state index is -3.27. The van der Waals surface area contributed by atoms with Crippen molar-refractivity contribution in [3.63, 3.8) is 0 Å². The first-order chi connectivity index (χ1) is 12.8. The van der Waals surface area contributed by atoms with Crippen LogP contribution in [-0.2, 0) is 14.6 Å². The van der Waals surface area contributed by atoms with Crippen LogP contribution in [0.2, 0.25) is 0 Å². The van der Waals surface area contributed by atoms with Crippen LogP contribution in [0.1, 0.15) is 48.9 Å². The molecule has 1 aromatic rings. The van der Waals surface area contributed by atoms with Gasteiger partial charge in [-0.2, -0.15) is 0 Å². The molecular formula is C20H28N2O4S. The summed E-state index contributed by atoms with van der Waals surface area (Å²) in [5.74, 6) is -0.102. The molecule has 1 saturated carbocycles. The normalized spacial score (nSPS) is 19.4. The summed E-state index contributed by atoms with van der Waals surface area (Å²) in [6.07, 6.45) is 6.68. The summed E-state index contributed by atoms with van der Waals surface area (Å²) in [5.41, 5.74) is 0.446. The van der Waals surface area contributed by atoms with Gasteiger partial charge in [0.1, 0.15) is 0 Å². The van der Waals surface area contributed by atoms with Gasteiger partial charge in [0.25, 0.3) is 0 Å². The van der Waals surface area contributed by atoms with E-state index in [1.165, 1.54) is 49.9 Å². The first kappa shape index (κ1) is 20.0. The van der Waals surface area contributed by atoms with E-state index in [9.17, 15) is 18.0 Å². The predicted molar refractivity (Wildman–Crippen MR) is 104 cm³/mol. The molecule has 0 bridgehead atoms. The van der Waals surface area contributed by atoms with E-state index >= 15 is 0 Å². The number of amides is 1. The van der Waals surface area contributed by atoms with Gasteiger partial charge in [0, 0.05) is 56.9 Å². The van der Waals surface area contributed by atoms with Gasteiger partial charge in [-0.15, -0.1) is 0 Å². The second kappa shape index (κ2) is 8.52. The first-order valence-corrected chi connectivity index (χ1v) is 11.6. The van der Waals surface area contributed by atoms with Crippen LogP contribution in [0.25, 0.3) is 0 Å². The van der Waals surface area contributed by atoms with Crippen molar-refractivity contribution in [1.29, 1.82) is 0 Å². The summed E-state index contributed by atoms with van der Waals surface area (Å²) in [4.78, 5) is 29.3. The van der Waals surface area contributed by atoms with E-state index in [1.54, 1.807) is 0 Å². The Morgan fingerprint density at radius 2 is 1.56 bits per heavy atom. The highest BCUT2D eigenvalue weighted by Crippen LogP contribution is 2.24. The molecule has 0 N–H and O–H groups in total. The van der Waals surface area contributed by atoms with Gasteiger partial charge >= 0.3 is 0 Å². The molecule has 0 aromatic heterocycles. The van der Waals surface area contributed by atoms with Crippen LogP contribution in [0.4, 0.5) is 0 Å². The predicted octanol–water partition coefficient (Wildman–Crippen LogP) is 2.14. The van der Waals surface area contributed by atoms with Gasteiger partial charge in [0.2, 0.25) is 5.91 Å². The lowest BCUT2D eigenvalue weighted by Gasteiger charge is -2.38. The second-order valence-electron chi connectivity index (χ2n) is 7.57. The number of carbonyl (C=O) groups is 2. The van der Waals surface area contributed by atoms with Crippen LogP contribution in [0.5, 0.6) is 0 Å². The Labute approximate surface area is 161 Å². The third kappa shape index (κ3) is 5.17. The number of hydrogen-bond acceptors (Lipinski definition) is 5. The molecule has 6 nitrogen and oxygen atoms in total. The van der Waals surface area contributed by atoms with Gasteiger partial charge in [-0.3, -0.25) is 14.5 Å². The fourth-order valence-electron chi connectivity index (χ4n) is 4.02. The van der Waals surface area contributed by atoms with Crippen LogP contribution in [0.15, 0.2) is 29.2 Å². The molecule has 1 saturated heterocycles. The average molecular weight is 393 g/mol. The van der Waals surface area contributed by atoms with Gasteiger partial charge in [-0.25, -0.2) is 8.42 Å². The maximum absolute atomic E-state index is 12.4. The van der Waals surface area contributed by atoms with Crippen molar-refractivity contribution in [1.82, 2.24) is 9.80 Å². The summed E-state index contributed by atoms with van der Waals surface area (Å²) in [6, 6.07) is 6.60. The quantitative estimate of drug-likeness (QED) is 0.694. The molecule has 0 unspecified atom stereocenters. The number of nitrogens with zero attached hydrogens (tertiary/aromatic N) is 2. The molecule has 1 aliphatic carbocycles. The van der Waals surface area contributed by atoms with Gasteiger partial charge in [0.15, 0.2) is 15.6 Å². The second-order valence-corrected chi connectivity index (χ2v) is 9.59. The van der Waals surface area contributed by atoms with Gasteiger partial charge in [0.05, 0.1) is 4.90 Å². The fourth-order valence-corrected chi connectivity index (χ4v) is 4.65. The molecule has 0 spiro atoms. The number of carbonyl (C=O) groups excluding carboxylic acids is 2. The van der Waals surface area contributed by atoms with Crippen molar-refractivity contribution < 1.29 is 18.0 Å². The van der Waals surface area contributed by atoms with E-state index in [0.29, 0.717) is 11.6 Å². The van der Waals surface area contributed by atoms with Crippen LogP contribution in [-0.4, -0.2) is 68.4 Å². The number of hydrogen-bond donors (Lipinski definition) is 0. The van der Waals surface area contributed by atoms with E-state index < -0.39 is 9.84 Å². The van der Waals surface area contributed by atoms with Gasteiger partial charge in [-0.1, -0.05) is 25.0 Å². The van der Waals surface area contributed by atoms with Crippen LogP contribution in [0.3, 0.4) is 0 Å². The Hall–Kier alpha value is -1.73. The van der Waals surface area contributed by atoms with Crippen molar-refractivity contribution in [2.45, 2.75) is 49.5 Å². The summed E-state index contributed by atoms with van der Waals surface area (Å²) in [6.45, 7) is 3.34. The average Bonchev–Trinajstić information content (AvgIpc) is 3.20. The summed E-state index contributed by atoms with van der Waals surface area (Å²) < 4.78 is 22.9. The van der Waals surface area contributed by atoms with E-state index in [2.05, 4.69) is 4.90 Å². The molecule has 0 atom stereocenters. The van der Waals surface area contributed by atoms with Crippen molar-refractivity contribution in [3.8, 4) is 0 Å².